The first-order chi connectivity index (χ1) is 8.65. The number of rotatable bonds is 2. The molecule has 96 valence electrons. The predicted octanol–water partition coefficient (Wildman–Crippen LogP) is 2.02. The summed E-state index contributed by atoms with van der Waals surface area (Å²) in [6.45, 7) is 2.87. The fraction of sp³-hybridized carbons (Fsp3) is 0.462. The lowest BCUT2D eigenvalue weighted by Crippen LogP contribution is -2.36. The first-order valence-electron chi connectivity index (χ1n) is 6.15. The first kappa shape index (κ1) is 11.3. The highest BCUT2D eigenvalue weighted by Crippen LogP contribution is 2.27. The first-order valence-corrected chi connectivity index (χ1v) is 6.15. The van der Waals surface area contributed by atoms with E-state index < -0.39 is 0 Å². The van der Waals surface area contributed by atoms with Crippen LogP contribution in [0.15, 0.2) is 22.6 Å². The average Bonchev–Trinajstić information content (AvgIpc) is 2.93. The van der Waals surface area contributed by atoms with Gasteiger partial charge in [-0.05, 0) is 25.5 Å². The van der Waals surface area contributed by atoms with Crippen molar-refractivity contribution >= 4 is 22.8 Å². The molecule has 2 unspecified atom stereocenters. The van der Waals surface area contributed by atoms with Gasteiger partial charge in [0.15, 0.2) is 5.58 Å². The highest BCUT2D eigenvalue weighted by Gasteiger charge is 2.30. The molecule has 0 spiro atoms. The number of ether oxygens (including phenoxy) is 1. The fourth-order valence-corrected chi connectivity index (χ4v) is 2.45. The predicted molar refractivity (Wildman–Crippen MR) is 70.6 cm³/mol. The van der Waals surface area contributed by atoms with E-state index in [0.29, 0.717) is 17.7 Å². The summed E-state index contributed by atoms with van der Waals surface area (Å²) in [6.07, 6.45) is 1.20. The topological polar surface area (TPSA) is 64.5 Å². The quantitative estimate of drug-likeness (QED) is 0.822. The Morgan fingerprint density at radius 3 is 3.00 bits per heavy atom. The fourth-order valence-electron chi connectivity index (χ4n) is 2.45. The van der Waals surface area contributed by atoms with Crippen LogP contribution in [-0.2, 0) is 4.74 Å². The highest BCUT2D eigenvalue weighted by molar-refractivity contribution is 5.78. The number of hydrogen-bond acceptors (Lipinski definition) is 5. The number of nitrogen functional groups attached to an aromatic ring is 1. The molecule has 0 saturated carbocycles. The van der Waals surface area contributed by atoms with E-state index in [9.17, 15) is 0 Å². The maximum absolute atomic E-state index is 5.75. The lowest BCUT2D eigenvalue weighted by Gasteiger charge is -2.24. The molecule has 1 fully saturated rings. The van der Waals surface area contributed by atoms with E-state index in [1.807, 2.05) is 24.1 Å². The van der Waals surface area contributed by atoms with Crippen molar-refractivity contribution < 1.29 is 9.15 Å². The summed E-state index contributed by atoms with van der Waals surface area (Å²) < 4.78 is 11.3. The van der Waals surface area contributed by atoms with Crippen molar-refractivity contribution in [2.75, 3.05) is 24.3 Å². The summed E-state index contributed by atoms with van der Waals surface area (Å²) in [5.41, 5.74) is 7.97. The monoisotopic (exact) mass is 247 g/mol. The molecule has 0 bridgehead atoms. The SMILES string of the molecule is CC1OCCC1N(C)c1nc2ccc(N)cc2o1. The van der Waals surface area contributed by atoms with E-state index in [2.05, 4.69) is 11.9 Å². The third-order valence-corrected chi connectivity index (χ3v) is 3.54. The Balaban J connectivity index is 1.93. The van der Waals surface area contributed by atoms with E-state index in [0.717, 1.165) is 24.1 Å². The Kier molecular flexibility index (Phi) is 2.63. The molecule has 1 aliphatic rings. The molecule has 2 N–H and O–H groups in total. The molecule has 5 nitrogen and oxygen atoms in total. The average molecular weight is 247 g/mol. The minimum atomic E-state index is 0.204. The molecular weight excluding hydrogens is 230 g/mol. The number of oxazole rings is 1. The smallest absolute Gasteiger partial charge is 0.298 e. The van der Waals surface area contributed by atoms with Gasteiger partial charge in [0.1, 0.15) is 5.52 Å². The summed E-state index contributed by atoms with van der Waals surface area (Å²) in [7, 11) is 1.99. The maximum atomic E-state index is 5.75. The van der Waals surface area contributed by atoms with E-state index in [4.69, 9.17) is 14.9 Å². The van der Waals surface area contributed by atoms with Crippen LogP contribution in [0.25, 0.3) is 11.1 Å². The second-order valence-corrected chi connectivity index (χ2v) is 4.77. The van der Waals surface area contributed by atoms with Crippen LogP contribution in [-0.4, -0.2) is 30.8 Å². The minimum Gasteiger partial charge on any atom is -0.423 e. The molecule has 0 amide bonds. The van der Waals surface area contributed by atoms with Crippen LogP contribution in [0.1, 0.15) is 13.3 Å². The molecule has 0 aliphatic carbocycles. The molecular formula is C13H17N3O2. The van der Waals surface area contributed by atoms with Crippen LogP contribution in [0.4, 0.5) is 11.7 Å². The molecule has 1 aromatic carbocycles. The number of hydrogen-bond donors (Lipinski definition) is 1. The van der Waals surface area contributed by atoms with Gasteiger partial charge in [0, 0.05) is 25.4 Å². The van der Waals surface area contributed by atoms with E-state index in [-0.39, 0.29) is 6.10 Å². The number of likely N-dealkylation sites (N-methyl/N-ethyl adjacent to an activating group) is 1. The van der Waals surface area contributed by atoms with Gasteiger partial charge in [-0.15, -0.1) is 0 Å². The second kappa shape index (κ2) is 4.17. The second-order valence-electron chi connectivity index (χ2n) is 4.77. The van der Waals surface area contributed by atoms with E-state index >= 15 is 0 Å². The van der Waals surface area contributed by atoms with Crippen LogP contribution in [0.2, 0.25) is 0 Å². The van der Waals surface area contributed by atoms with Crippen molar-refractivity contribution in [3.63, 3.8) is 0 Å². The number of aromatic nitrogens is 1. The van der Waals surface area contributed by atoms with Gasteiger partial charge in [0.05, 0.1) is 12.1 Å². The zero-order valence-electron chi connectivity index (χ0n) is 10.6. The number of nitrogens with zero attached hydrogens (tertiary/aromatic N) is 2. The normalized spacial score (nSPS) is 23.7. The molecule has 3 rings (SSSR count). The largest absolute Gasteiger partial charge is 0.423 e. The van der Waals surface area contributed by atoms with Gasteiger partial charge in [-0.25, -0.2) is 0 Å². The number of anilines is 2. The van der Waals surface area contributed by atoms with Crippen LogP contribution < -0.4 is 10.6 Å². The Hall–Kier alpha value is -1.75. The Morgan fingerprint density at radius 1 is 1.44 bits per heavy atom. The van der Waals surface area contributed by atoms with Crippen LogP contribution in [0, 0.1) is 0 Å². The van der Waals surface area contributed by atoms with Crippen molar-refractivity contribution in [1.29, 1.82) is 0 Å². The molecule has 2 aromatic rings. The number of benzene rings is 1. The lowest BCUT2D eigenvalue weighted by molar-refractivity contribution is 0.117. The van der Waals surface area contributed by atoms with Crippen molar-refractivity contribution in [1.82, 2.24) is 4.98 Å². The van der Waals surface area contributed by atoms with Gasteiger partial charge in [-0.2, -0.15) is 4.98 Å². The molecule has 2 atom stereocenters. The molecule has 0 radical (unpaired) electrons. The third-order valence-electron chi connectivity index (χ3n) is 3.54. The van der Waals surface area contributed by atoms with Crippen LogP contribution in [0.3, 0.4) is 0 Å². The Labute approximate surface area is 106 Å². The molecule has 18 heavy (non-hydrogen) atoms. The lowest BCUT2D eigenvalue weighted by atomic mass is 10.1. The standard InChI is InChI=1S/C13H17N3O2/c1-8-11(5-6-17-8)16(2)13-15-10-4-3-9(14)7-12(10)18-13/h3-4,7-8,11H,5-6,14H2,1-2H3. The number of fused-ring (bicyclic) bond motifs is 1. The summed E-state index contributed by atoms with van der Waals surface area (Å²) in [5.74, 6) is 0. The summed E-state index contributed by atoms with van der Waals surface area (Å²) in [4.78, 5) is 6.53. The molecule has 1 saturated heterocycles. The van der Waals surface area contributed by atoms with E-state index in [1.54, 1.807) is 6.07 Å². The Morgan fingerprint density at radius 2 is 2.28 bits per heavy atom. The summed E-state index contributed by atoms with van der Waals surface area (Å²) in [6, 6.07) is 6.44. The molecule has 5 heteroatoms. The maximum Gasteiger partial charge on any atom is 0.298 e. The van der Waals surface area contributed by atoms with E-state index in [1.165, 1.54) is 0 Å². The van der Waals surface area contributed by atoms with Crippen molar-refractivity contribution in [3.05, 3.63) is 18.2 Å². The molecule has 1 aliphatic heterocycles. The van der Waals surface area contributed by atoms with Crippen LogP contribution >= 0.6 is 0 Å². The van der Waals surface area contributed by atoms with Crippen molar-refractivity contribution in [2.45, 2.75) is 25.5 Å². The van der Waals surface area contributed by atoms with Gasteiger partial charge >= 0.3 is 0 Å². The third kappa shape index (κ3) is 1.80. The van der Waals surface area contributed by atoms with Gasteiger partial charge in [-0.3, -0.25) is 0 Å². The van der Waals surface area contributed by atoms with Crippen LogP contribution in [0.5, 0.6) is 0 Å². The minimum absolute atomic E-state index is 0.204. The Bertz CT molecular complexity index is 566. The van der Waals surface area contributed by atoms with Gasteiger partial charge in [0.2, 0.25) is 0 Å². The highest BCUT2D eigenvalue weighted by atomic mass is 16.5. The van der Waals surface area contributed by atoms with Gasteiger partial charge < -0.3 is 19.8 Å². The van der Waals surface area contributed by atoms with Crippen molar-refractivity contribution in [2.24, 2.45) is 0 Å². The number of nitrogens with two attached hydrogens (primary N) is 1. The van der Waals surface area contributed by atoms with Crippen molar-refractivity contribution in [3.8, 4) is 0 Å². The molecule has 2 heterocycles. The van der Waals surface area contributed by atoms with Gasteiger partial charge in [0.25, 0.3) is 6.01 Å². The van der Waals surface area contributed by atoms with Gasteiger partial charge in [-0.1, -0.05) is 0 Å². The summed E-state index contributed by atoms with van der Waals surface area (Å²) >= 11 is 0. The zero-order valence-corrected chi connectivity index (χ0v) is 10.6. The zero-order chi connectivity index (χ0) is 12.7. The summed E-state index contributed by atoms with van der Waals surface area (Å²) in [5, 5.41) is 0. The molecule has 1 aromatic heterocycles.